The molecule has 1 unspecified atom stereocenters. The first kappa shape index (κ1) is 17.2. The first-order valence-corrected chi connectivity index (χ1v) is 9.57. The molecule has 0 saturated carbocycles. The number of anilines is 1. The molecule has 0 radical (unpaired) electrons. The molecule has 0 spiro atoms. The van der Waals surface area contributed by atoms with E-state index in [1.807, 2.05) is 59.3 Å². The fraction of sp³-hybridized carbons (Fsp3) is 0.105. The lowest BCUT2D eigenvalue weighted by Gasteiger charge is -2.10. The summed E-state index contributed by atoms with van der Waals surface area (Å²) in [5, 5.41) is 5.30. The average Bonchev–Trinajstić information content (AvgIpc) is 3.03. The van der Waals surface area contributed by atoms with Crippen LogP contribution >= 0.6 is 34.2 Å². The zero-order valence-corrected chi connectivity index (χ0v) is 16.6. The van der Waals surface area contributed by atoms with E-state index in [0.29, 0.717) is 18.0 Å². The molecule has 2 N–H and O–H groups in total. The van der Waals surface area contributed by atoms with Crippen LogP contribution in [-0.4, -0.2) is 19.7 Å². The van der Waals surface area contributed by atoms with Crippen molar-refractivity contribution < 1.29 is 0 Å². The van der Waals surface area contributed by atoms with Gasteiger partial charge in [0, 0.05) is 9.13 Å². The number of benzene rings is 2. The predicted molar refractivity (Wildman–Crippen MR) is 113 cm³/mol. The molecule has 4 aromatic rings. The van der Waals surface area contributed by atoms with Gasteiger partial charge in [0.2, 0.25) is 0 Å². The molecule has 0 fully saturated rings. The molecule has 4 rings (SSSR count). The largest absolute Gasteiger partial charge is 0.383 e. The first-order valence-electron chi connectivity index (χ1n) is 8.05. The number of nitrogens with two attached hydrogens (primary N) is 1. The van der Waals surface area contributed by atoms with Crippen LogP contribution < -0.4 is 5.73 Å². The van der Waals surface area contributed by atoms with Gasteiger partial charge in [-0.2, -0.15) is 5.10 Å². The lowest BCUT2D eigenvalue weighted by Crippen LogP contribution is -2.07. The average molecular weight is 476 g/mol. The molecule has 0 bridgehead atoms. The molecule has 0 saturated heterocycles. The summed E-state index contributed by atoms with van der Waals surface area (Å²) >= 11 is 8.90. The highest BCUT2D eigenvalue weighted by Gasteiger charge is 2.19. The van der Waals surface area contributed by atoms with E-state index in [0.717, 1.165) is 25.8 Å². The SMILES string of the molecule is Nc1ncnc2c1c(-c1ccc(I)cc1)nn2CC(Cl)c1ccccc1. The summed E-state index contributed by atoms with van der Waals surface area (Å²) in [7, 11) is 0. The molecule has 1 atom stereocenters. The van der Waals surface area contributed by atoms with E-state index < -0.39 is 0 Å². The zero-order valence-electron chi connectivity index (χ0n) is 13.7. The van der Waals surface area contributed by atoms with Crippen LogP contribution in [0.25, 0.3) is 22.3 Å². The Morgan fingerprint density at radius 2 is 1.77 bits per heavy atom. The van der Waals surface area contributed by atoms with E-state index in [1.165, 1.54) is 6.33 Å². The fourth-order valence-electron chi connectivity index (χ4n) is 2.89. The van der Waals surface area contributed by atoms with Gasteiger partial charge < -0.3 is 5.73 Å². The normalized spacial score (nSPS) is 12.4. The second-order valence-corrected chi connectivity index (χ2v) is 7.65. The fourth-order valence-corrected chi connectivity index (χ4v) is 3.52. The van der Waals surface area contributed by atoms with Crippen molar-refractivity contribution in [3.63, 3.8) is 0 Å². The van der Waals surface area contributed by atoms with E-state index >= 15 is 0 Å². The number of aromatic nitrogens is 4. The van der Waals surface area contributed by atoms with Crippen LogP contribution in [-0.2, 0) is 6.54 Å². The van der Waals surface area contributed by atoms with Crippen molar-refractivity contribution in [1.29, 1.82) is 0 Å². The summed E-state index contributed by atoms with van der Waals surface area (Å²) in [6.45, 7) is 0.489. The Bertz CT molecular complexity index is 1050. The maximum absolute atomic E-state index is 6.62. The molecule has 5 nitrogen and oxygen atoms in total. The number of halogens is 2. The topological polar surface area (TPSA) is 69.6 Å². The molecule has 0 aliphatic rings. The van der Waals surface area contributed by atoms with Crippen LogP contribution in [0.3, 0.4) is 0 Å². The van der Waals surface area contributed by atoms with Crippen molar-refractivity contribution in [2.75, 3.05) is 5.73 Å². The van der Waals surface area contributed by atoms with Crippen molar-refractivity contribution in [2.24, 2.45) is 0 Å². The predicted octanol–water partition coefficient (Wildman–Crippen LogP) is 4.66. The standard InChI is InChI=1S/C19H15ClIN5/c20-15(12-4-2-1-3-5-12)10-26-19-16(18(22)23-11-24-19)17(25-26)13-6-8-14(21)9-7-13/h1-9,11,15H,10H2,(H2,22,23,24). The molecular formula is C19H15ClIN5. The highest BCUT2D eigenvalue weighted by atomic mass is 127. The summed E-state index contributed by atoms with van der Waals surface area (Å²) in [5.74, 6) is 0.417. The third kappa shape index (κ3) is 3.26. The minimum atomic E-state index is -0.222. The second kappa shape index (κ2) is 7.20. The van der Waals surface area contributed by atoms with Gasteiger partial charge in [0.1, 0.15) is 17.8 Å². The summed E-state index contributed by atoms with van der Waals surface area (Å²) < 4.78 is 2.97. The molecule has 0 aliphatic heterocycles. The van der Waals surface area contributed by atoms with Gasteiger partial charge in [-0.1, -0.05) is 42.5 Å². The Labute approximate surface area is 169 Å². The summed E-state index contributed by atoms with van der Waals surface area (Å²) in [4.78, 5) is 8.54. The Morgan fingerprint density at radius 1 is 1.04 bits per heavy atom. The minimum absolute atomic E-state index is 0.222. The van der Waals surface area contributed by atoms with Crippen molar-refractivity contribution >= 4 is 51.0 Å². The van der Waals surface area contributed by atoms with Gasteiger partial charge in [-0.15, -0.1) is 11.6 Å². The van der Waals surface area contributed by atoms with Crippen molar-refractivity contribution in [3.05, 3.63) is 70.1 Å². The molecule has 7 heteroatoms. The van der Waals surface area contributed by atoms with E-state index in [-0.39, 0.29) is 5.38 Å². The van der Waals surface area contributed by atoms with E-state index in [9.17, 15) is 0 Å². The Balaban J connectivity index is 1.81. The number of rotatable bonds is 4. The van der Waals surface area contributed by atoms with Gasteiger partial charge in [0.25, 0.3) is 0 Å². The molecular weight excluding hydrogens is 461 g/mol. The Hall–Kier alpha value is -2.19. The third-order valence-corrected chi connectivity index (χ3v) is 5.28. The molecule has 2 aromatic heterocycles. The van der Waals surface area contributed by atoms with E-state index in [1.54, 1.807) is 0 Å². The molecule has 0 aliphatic carbocycles. The van der Waals surface area contributed by atoms with Crippen LogP contribution in [0, 0.1) is 3.57 Å². The second-order valence-electron chi connectivity index (χ2n) is 5.87. The monoisotopic (exact) mass is 475 g/mol. The van der Waals surface area contributed by atoms with Gasteiger partial charge in [-0.3, -0.25) is 0 Å². The van der Waals surface area contributed by atoms with Gasteiger partial charge in [-0.25, -0.2) is 14.6 Å². The van der Waals surface area contributed by atoms with Gasteiger partial charge in [0.15, 0.2) is 5.65 Å². The summed E-state index contributed by atoms with van der Waals surface area (Å²) in [5.41, 5.74) is 9.61. The Morgan fingerprint density at radius 3 is 2.50 bits per heavy atom. The quantitative estimate of drug-likeness (QED) is 0.344. The highest BCUT2D eigenvalue weighted by Crippen LogP contribution is 2.32. The maximum atomic E-state index is 6.62. The summed E-state index contributed by atoms with van der Waals surface area (Å²) in [6, 6.07) is 18.1. The lowest BCUT2D eigenvalue weighted by molar-refractivity contribution is 0.617. The van der Waals surface area contributed by atoms with Gasteiger partial charge in [-0.05, 0) is 40.3 Å². The minimum Gasteiger partial charge on any atom is -0.383 e. The number of hydrogen-bond donors (Lipinski definition) is 1. The zero-order chi connectivity index (χ0) is 18.1. The molecule has 26 heavy (non-hydrogen) atoms. The highest BCUT2D eigenvalue weighted by molar-refractivity contribution is 14.1. The van der Waals surface area contributed by atoms with Gasteiger partial charge in [0.05, 0.1) is 17.3 Å². The molecule has 2 aromatic carbocycles. The smallest absolute Gasteiger partial charge is 0.164 e. The van der Waals surface area contributed by atoms with Crippen LogP contribution in [0.2, 0.25) is 0 Å². The van der Waals surface area contributed by atoms with Crippen molar-refractivity contribution in [1.82, 2.24) is 19.7 Å². The number of alkyl halides is 1. The van der Waals surface area contributed by atoms with Gasteiger partial charge >= 0.3 is 0 Å². The van der Waals surface area contributed by atoms with Crippen LogP contribution in [0.4, 0.5) is 5.82 Å². The Kier molecular flexibility index (Phi) is 4.78. The van der Waals surface area contributed by atoms with Crippen molar-refractivity contribution in [2.45, 2.75) is 11.9 Å². The van der Waals surface area contributed by atoms with E-state index in [2.05, 4.69) is 32.6 Å². The number of hydrogen-bond acceptors (Lipinski definition) is 4. The molecule has 2 heterocycles. The number of fused-ring (bicyclic) bond motifs is 1. The van der Waals surface area contributed by atoms with Crippen LogP contribution in [0.1, 0.15) is 10.9 Å². The van der Waals surface area contributed by atoms with Crippen molar-refractivity contribution in [3.8, 4) is 11.3 Å². The van der Waals surface area contributed by atoms with Crippen LogP contribution in [0.5, 0.6) is 0 Å². The van der Waals surface area contributed by atoms with E-state index in [4.69, 9.17) is 22.4 Å². The third-order valence-electron chi connectivity index (χ3n) is 4.17. The lowest BCUT2D eigenvalue weighted by atomic mass is 10.1. The number of nitrogens with zero attached hydrogens (tertiary/aromatic N) is 4. The number of nitrogen functional groups attached to an aromatic ring is 1. The maximum Gasteiger partial charge on any atom is 0.164 e. The van der Waals surface area contributed by atoms with Crippen LogP contribution in [0.15, 0.2) is 60.9 Å². The molecule has 0 amide bonds. The first-order chi connectivity index (χ1) is 12.6. The summed E-state index contributed by atoms with van der Waals surface area (Å²) in [6.07, 6.45) is 1.46. The molecule has 130 valence electrons.